The standard InChI is InChI=1S/C18H30O/c1-6-7-8-9-10-19-17-12-15(2)11-16(13-17)14-18(3,4)5/h11-13H,6-10,14H2,1-5H3. The summed E-state index contributed by atoms with van der Waals surface area (Å²) in [5, 5.41) is 0. The molecule has 0 N–H and O–H groups in total. The van der Waals surface area contributed by atoms with Gasteiger partial charge in [0, 0.05) is 0 Å². The third-order valence-electron chi connectivity index (χ3n) is 3.11. The molecule has 0 aromatic heterocycles. The van der Waals surface area contributed by atoms with Crippen LogP contribution < -0.4 is 4.74 Å². The van der Waals surface area contributed by atoms with Gasteiger partial charge in [0.2, 0.25) is 0 Å². The number of hydrogen-bond acceptors (Lipinski definition) is 1. The van der Waals surface area contributed by atoms with Crippen LogP contribution in [0.5, 0.6) is 5.75 Å². The van der Waals surface area contributed by atoms with E-state index in [1.54, 1.807) is 0 Å². The molecule has 0 radical (unpaired) electrons. The van der Waals surface area contributed by atoms with Crippen molar-refractivity contribution in [2.75, 3.05) is 6.61 Å². The highest BCUT2D eigenvalue weighted by atomic mass is 16.5. The van der Waals surface area contributed by atoms with E-state index in [0.717, 1.165) is 25.2 Å². The van der Waals surface area contributed by atoms with Crippen molar-refractivity contribution in [3.05, 3.63) is 29.3 Å². The summed E-state index contributed by atoms with van der Waals surface area (Å²) < 4.78 is 5.89. The van der Waals surface area contributed by atoms with Crippen LogP contribution in [0.1, 0.15) is 64.5 Å². The summed E-state index contributed by atoms with van der Waals surface area (Å²) in [6, 6.07) is 6.62. The fourth-order valence-corrected chi connectivity index (χ4v) is 2.34. The fourth-order valence-electron chi connectivity index (χ4n) is 2.34. The predicted molar refractivity (Wildman–Crippen MR) is 84.0 cm³/mol. The minimum Gasteiger partial charge on any atom is -0.494 e. The van der Waals surface area contributed by atoms with Crippen molar-refractivity contribution in [2.24, 2.45) is 5.41 Å². The van der Waals surface area contributed by atoms with Gasteiger partial charge >= 0.3 is 0 Å². The Kier molecular flexibility index (Phi) is 6.41. The molecule has 1 aromatic rings. The Labute approximate surface area is 119 Å². The minimum absolute atomic E-state index is 0.326. The zero-order valence-corrected chi connectivity index (χ0v) is 13.4. The van der Waals surface area contributed by atoms with E-state index in [4.69, 9.17) is 4.74 Å². The van der Waals surface area contributed by atoms with Crippen LogP contribution in [0.2, 0.25) is 0 Å². The molecular weight excluding hydrogens is 232 g/mol. The molecule has 1 rings (SSSR count). The monoisotopic (exact) mass is 262 g/mol. The Bertz CT molecular complexity index is 374. The fraction of sp³-hybridized carbons (Fsp3) is 0.667. The van der Waals surface area contributed by atoms with Crippen molar-refractivity contribution >= 4 is 0 Å². The molecule has 0 unspecified atom stereocenters. The highest BCUT2D eigenvalue weighted by molar-refractivity contribution is 5.34. The van der Waals surface area contributed by atoms with Gasteiger partial charge in [0.25, 0.3) is 0 Å². The topological polar surface area (TPSA) is 9.23 Å². The number of unbranched alkanes of at least 4 members (excludes halogenated alkanes) is 3. The number of hydrogen-bond donors (Lipinski definition) is 0. The molecule has 1 nitrogen and oxygen atoms in total. The maximum atomic E-state index is 5.89. The predicted octanol–water partition coefficient (Wildman–Crippen LogP) is 5.54. The number of benzene rings is 1. The van der Waals surface area contributed by atoms with Gasteiger partial charge in [-0.05, 0) is 48.4 Å². The van der Waals surface area contributed by atoms with Crippen molar-refractivity contribution in [1.29, 1.82) is 0 Å². The van der Waals surface area contributed by atoms with Gasteiger partial charge in [-0.2, -0.15) is 0 Å². The second kappa shape index (κ2) is 7.57. The number of rotatable bonds is 7. The summed E-state index contributed by atoms with van der Waals surface area (Å²) in [6.07, 6.45) is 6.13. The molecule has 0 spiro atoms. The van der Waals surface area contributed by atoms with E-state index in [0.29, 0.717) is 5.41 Å². The van der Waals surface area contributed by atoms with Crippen molar-refractivity contribution < 1.29 is 4.74 Å². The molecule has 19 heavy (non-hydrogen) atoms. The van der Waals surface area contributed by atoms with Gasteiger partial charge in [0.05, 0.1) is 6.61 Å². The largest absolute Gasteiger partial charge is 0.494 e. The molecule has 0 aliphatic carbocycles. The van der Waals surface area contributed by atoms with E-state index in [-0.39, 0.29) is 0 Å². The van der Waals surface area contributed by atoms with Crippen LogP contribution in [0.15, 0.2) is 18.2 Å². The van der Waals surface area contributed by atoms with Crippen molar-refractivity contribution in [2.45, 2.75) is 66.7 Å². The first kappa shape index (κ1) is 16.1. The highest BCUT2D eigenvalue weighted by Gasteiger charge is 2.12. The average molecular weight is 262 g/mol. The first-order valence-electron chi connectivity index (χ1n) is 7.64. The van der Waals surface area contributed by atoms with Gasteiger partial charge in [-0.1, -0.05) is 53.0 Å². The van der Waals surface area contributed by atoms with Crippen molar-refractivity contribution in [1.82, 2.24) is 0 Å². The van der Waals surface area contributed by atoms with Crippen molar-refractivity contribution in [3.8, 4) is 5.75 Å². The first-order valence-corrected chi connectivity index (χ1v) is 7.64. The molecule has 0 atom stereocenters. The van der Waals surface area contributed by atoms with Crippen LogP contribution >= 0.6 is 0 Å². The Morgan fingerprint density at radius 2 is 1.74 bits per heavy atom. The lowest BCUT2D eigenvalue weighted by Crippen LogP contribution is -2.09. The maximum Gasteiger partial charge on any atom is 0.119 e. The lowest BCUT2D eigenvalue weighted by molar-refractivity contribution is 0.304. The van der Waals surface area contributed by atoms with Crippen LogP contribution in [0.3, 0.4) is 0 Å². The molecule has 0 saturated heterocycles. The summed E-state index contributed by atoms with van der Waals surface area (Å²) >= 11 is 0. The highest BCUT2D eigenvalue weighted by Crippen LogP contribution is 2.25. The quantitative estimate of drug-likeness (QED) is 0.586. The van der Waals surface area contributed by atoms with E-state index in [2.05, 4.69) is 52.8 Å². The second-order valence-corrected chi connectivity index (χ2v) is 6.80. The van der Waals surface area contributed by atoms with Crippen molar-refractivity contribution in [3.63, 3.8) is 0 Å². The van der Waals surface area contributed by atoms with Gasteiger partial charge in [0.1, 0.15) is 5.75 Å². The second-order valence-electron chi connectivity index (χ2n) is 6.80. The van der Waals surface area contributed by atoms with Crippen LogP contribution in [0.25, 0.3) is 0 Å². The Balaban J connectivity index is 2.54. The molecule has 0 aliphatic heterocycles. The smallest absolute Gasteiger partial charge is 0.119 e. The first-order chi connectivity index (χ1) is 8.90. The van der Waals surface area contributed by atoms with Crippen LogP contribution in [-0.2, 0) is 6.42 Å². The van der Waals surface area contributed by atoms with Crippen LogP contribution in [-0.4, -0.2) is 6.61 Å². The van der Waals surface area contributed by atoms with Gasteiger partial charge in [-0.3, -0.25) is 0 Å². The molecule has 0 aliphatic rings. The van der Waals surface area contributed by atoms with E-state index < -0.39 is 0 Å². The summed E-state index contributed by atoms with van der Waals surface area (Å²) in [6.45, 7) is 12.1. The zero-order valence-electron chi connectivity index (χ0n) is 13.4. The number of ether oxygens (including phenoxy) is 1. The van der Waals surface area contributed by atoms with Gasteiger partial charge < -0.3 is 4.74 Å². The average Bonchev–Trinajstić information content (AvgIpc) is 2.25. The Morgan fingerprint density at radius 1 is 1.00 bits per heavy atom. The van der Waals surface area contributed by atoms with E-state index >= 15 is 0 Å². The molecule has 1 aromatic carbocycles. The maximum absolute atomic E-state index is 5.89. The molecule has 0 bridgehead atoms. The zero-order chi connectivity index (χ0) is 14.3. The third kappa shape index (κ3) is 7.25. The molecule has 0 saturated carbocycles. The molecule has 0 heterocycles. The summed E-state index contributed by atoms with van der Waals surface area (Å²) in [7, 11) is 0. The summed E-state index contributed by atoms with van der Waals surface area (Å²) in [5.41, 5.74) is 3.01. The Morgan fingerprint density at radius 3 is 2.37 bits per heavy atom. The van der Waals surface area contributed by atoms with Crippen LogP contribution in [0, 0.1) is 12.3 Å². The van der Waals surface area contributed by atoms with Gasteiger partial charge in [-0.15, -0.1) is 0 Å². The SMILES string of the molecule is CCCCCCOc1cc(C)cc(CC(C)(C)C)c1. The van der Waals surface area contributed by atoms with E-state index in [1.807, 2.05) is 0 Å². The molecular formula is C18H30O. The summed E-state index contributed by atoms with van der Waals surface area (Å²) in [4.78, 5) is 0. The molecule has 0 fully saturated rings. The molecule has 1 heteroatoms. The van der Waals surface area contributed by atoms with E-state index in [1.165, 1.54) is 30.4 Å². The molecule has 0 amide bonds. The lowest BCUT2D eigenvalue weighted by atomic mass is 9.87. The van der Waals surface area contributed by atoms with Gasteiger partial charge in [-0.25, -0.2) is 0 Å². The Hall–Kier alpha value is -0.980. The van der Waals surface area contributed by atoms with Gasteiger partial charge in [0.15, 0.2) is 0 Å². The molecule has 108 valence electrons. The van der Waals surface area contributed by atoms with Crippen LogP contribution in [0.4, 0.5) is 0 Å². The lowest BCUT2D eigenvalue weighted by Gasteiger charge is -2.19. The van der Waals surface area contributed by atoms with E-state index in [9.17, 15) is 0 Å². The minimum atomic E-state index is 0.326. The normalized spacial score (nSPS) is 11.6. The summed E-state index contributed by atoms with van der Waals surface area (Å²) in [5.74, 6) is 1.04. The number of aryl methyl sites for hydroxylation is 1. The third-order valence-corrected chi connectivity index (χ3v) is 3.11.